The fourth-order valence-electron chi connectivity index (χ4n) is 2.24. The Bertz CT molecular complexity index is 490. The van der Waals surface area contributed by atoms with Crippen molar-refractivity contribution in [1.82, 2.24) is 10.2 Å². The monoisotopic (exact) mass is 296 g/mol. The van der Waals surface area contributed by atoms with Crippen molar-refractivity contribution in [3.63, 3.8) is 0 Å². The smallest absolute Gasteiger partial charge is 0.251 e. The third-order valence-corrected chi connectivity index (χ3v) is 3.49. The number of carbonyl (C=O) groups is 1. The molecule has 1 aromatic rings. The van der Waals surface area contributed by atoms with Gasteiger partial charge in [-0.2, -0.15) is 0 Å². The van der Waals surface area contributed by atoms with Crippen LogP contribution in [0.1, 0.15) is 15.9 Å². The normalized spacial score (nSPS) is 17.5. The van der Waals surface area contributed by atoms with E-state index < -0.39 is 6.10 Å². The topological polar surface area (TPSA) is 61.8 Å². The number of benzene rings is 1. The van der Waals surface area contributed by atoms with Crippen molar-refractivity contribution in [2.75, 3.05) is 39.4 Å². The Labute approximate surface area is 123 Å². The second-order valence-corrected chi connectivity index (χ2v) is 5.24. The van der Waals surface area contributed by atoms with Crippen LogP contribution in [0, 0.1) is 12.7 Å². The van der Waals surface area contributed by atoms with Crippen LogP contribution in [-0.2, 0) is 4.74 Å². The van der Waals surface area contributed by atoms with Crippen LogP contribution < -0.4 is 5.32 Å². The SMILES string of the molecule is Cc1cc(C(=O)NCC(O)CN2CCOCC2)ccc1F. The van der Waals surface area contributed by atoms with Gasteiger partial charge < -0.3 is 15.2 Å². The van der Waals surface area contributed by atoms with E-state index in [-0.39, 0.29) is 18.3 Å². The van der Waals surface area contributed by atoms with Crippen LogP contribution in [0.2, 0.25) is 0 Å². The number of halogens is 1. The number of amides is 1. The lowest BCUT2D eigenvalue weighted by atomic mass is 10.1. The van der Waals surface area contributed by atoms with E-state index in [1.165, 1.54) is 18.2 Å². The molecule has 0 aliphatic carbocycles. The number of rotatable bonds is 5. The minimum absolute atomic E-state index is 0.173. The third-order valence-electron chi connectivity index (χ3n) is 3.49. The Morgan fingerprint density at radius 1 is 1.48 bits per heavy atom. The Balaban J connectivity index is 1.78. The summed E-state index contributed by atoms with van der Waals surface area (Å²) in [5.41, 5.74) is 0.823. The molecule has 0 saturated carbocycles. The third kappa shape index (κ3) is 4.77. The van der Waals surface area contributed by atoms with Crippen LogP contribution in [0.3, 0.4) is 0 Å². The van der Waals surface area contributed by atoms with E-state index in [1.807, 2.05) is 0 Å². The van der Waals surface area contributed by atoms with Gasteiger partial charge in [0.05, 0.1) is 19.3 Å². The summed E-state index contributed by atoms with van der Waals surface area (Å²) in [5.74, 6) is -0.641. The Hall–Kier alpha value is -1.50. The minimum atomic E-state index is -0.631. The molecule has 2 N–H and O–H groups in total. The number of nitrogens with one attached hydrogen (secondary N) is 1. The molecular formula is C15H21FN2O3. The number of hydrogen-bond acceptors (Lipinski definition) is 4. The number of carbonyl (C=O) groups excluding carboxylic acids is 1. The molecule has 0 radical (unpaired) electrons. The molecule has 116 valence electrons. The van der Waals surface area contributed by atoms with Gasteiger partial charge >= 0.3 is 0 Å². The highest BCUT2D eigenvalue weighted by Gasteiger charge is 2.16. The van der Waals surface area contributed by atoms with Crippen LogP contribution in [-0.4, -0.2) is 61.4 Å². The molecule has 1 saturated heterocycles. The summed E-state index contributed by atoms with van der Waals surface area (Å²) in [6.07, 6.45) is -0.631. The Kier molecular flexibility index (Phi) is 5.67. The van der Waals surface area contributed by atoms with Gasteiger partial charge in [0, 0.05) is 31.7 Å². The predicted molar refractivity (Wildman–Crippen MR) is 76.7 cm³/mol. The number of aliphatic hydroxyl groups is 1. The standard InChI is InChI=1S/C15H21FN2O3/c1-11-8-12(2-3-14(11)16)15(20)17-9-13(19)10-18-4-6-21-7-5-18/h2-3,8,13,19H,4-7,9-10H2,1H3,(H,17,20). The van der Waals surface area contributed by atoms with E-state index in [9.17, 15) is 14.3 Å². The Morgan fingerprint density at radius 3 is 2.86 bits per heavy atom. The van der Waals surface area contributed by atoms with E-state index in [0.717, 1.165) is 13.1 Å². The minimum Gasteiger partial charge on any atom is -0.390 e. The van der Waals surface area contributed by atoms with E-state index in [2.05, 4.69) is 10.2 Å². The molecule has 1 aromatic carbocycles. The highest BCUT2D eigenvalue weighted by molar-refractivity contribution is 5.94. The lowest BCUT2D eigenvalue weighted by Crippen LogP contribution is -2.44. The van der Waals surface area contributed by atoms with Crippen molar-refractivity contribution in [2.45, 2.75) is 13.0 Å². The largest absolute Gasteiger partial charge is 0.390 e. The molecule has 1 fully saturated rings. The molecule has 1 aliphatic heterocycles. The molecule has 1 heterocycles. The molecule has 1 aliphatic rings. The summed E-state index contributed by atoms with van der Waals surface area (Å²) in [6.45, 7) is 5.23. The van der Waals surface area contributed by atoms with Crippen molar-refractivity contribution in [1.29, 1.82) is 0 Å². The summed E-state index contributed by atoms with van der Waals surface area (Å²) in [6, 6.07) is 4.21. The molecule has 0 bridgehead atoms. The van der Waals surface area contributed by atoms with Gasteiger partial charge in [-0.05, 0) is 30.7 Å². The number of aryl methyl sites for hydroxylation is 1. The molecule has 6 heteroatoms. The summed E-state index contributed by atoms with van der Waals surface area (Å²) in [7, 11) is 0. The van der Waals surface area contributed by atoms with Gasteiger partial charge in [0.25, 0.3) is 5.91 Å². The van der Waals surface area contributed by atoms with Gasteiger partial charge in [-0.1, -0.05) is 0 Å². The number of ether oxygens (including phenoxy) is 1. The summed E-state index contributed by atoms with van der Waals surface area (Å²) in [5, 5.41) is 12.6. The van der Waals surface area contributed by atoms with Crippen molar-refractivity contribution in [3.8, 4) is 0 Å². The van der Waals surface area contributed by atoms with E-state index >= 15 is 0 Å². The zero-order valence-corrected chi connectivity index (χ0v) is 12.1. The van der Waals surface area contributed by atoms with Gasteiger partial charge in [0.15, 0.2) is 0 Å². The Morgan fingerprint density at radius 2 is 2.19 bits per heavy atom. The highest BCUT2D eigenvalue weighted by Crippen LogP contribution is 2.09. The second kappa shape index (κ2) is 7.49. The van der Waals surface area contributed by atoms with Crippen molar-refractivity contribution < 1.29 is 19.0 Å². The molecule has 1 amide bonds. The van der Waals surface area contributed by atoms with Crippen LogP contribution in [0.15, 0.2) is 18.2 Å². The van der Waals surface area contributed by atoms with Crippen molar-refractivity contribution in [2.24, 2.45) is 0 Å². The lowest BCUT2D eigenvalue weighted by Gasteiger charge is -2.28. The molecule has 2 rings (SSSR count). The highest BCUT2D eigenvalue weighted by atomic mass is 19.1. The number of aliphatic hydroxyl groups excluding tert-OH is 1. The molecule has 21 heavy (non-hydrogen) atoms. The van der Waals surface area contributed by atoms with Crippen LogP contribution in [0.5, 0.6) is 0 Å². The van der Waals surface area contributed by atoms with Crippen molar-refractivity contribution in [3.05, 3.63) is 35.1 Å². The zero-order chi connectivity index (χ0) is 15.2. The lowest BCUT2D eigenvalue weighted by molar-refractivity contribution is 0.0149. The molecule has 0 spiro atoms. The second-order valence-electron chi connectivity index (χ2n) is 5.24. The maximum atomic E-state index is 13.1. The first-order valence-corrected chi connectivity index (χ1v) is 7.09. The van der Waals surface area contributed by atoms with Gasteiger partial charge in [-0.25, -0.2) is 4.39 Å². The van der Waals surface area contributed by atoms with E-state index in [4.69, 9.17) is 4.74 Å². The number of morpholine rings is 1. The summed E-state index contributed by atoms with van der Waals surface area (Å²) >= 11 is 0. The fraction of sp³-hybridized carbons (Fsp3) is 0.533. The summed E-state index contributed by atoms with van der Waals surface area (Å²) < 4.78 is 18.4. The fourth-order valence-corrected chi connectivity index (χ4v) is 2.24. The zero-order valence-electron chi connectivity index (χ0n) is 12.1. The predicted octanol–water partition coefficient (Wildman–Crippen LogP) is 0.557. The van der Waals surface area contributed by atoms with Crippen LogP contribution in [0.25, 0.3) is 0 Å². The van der Waals surface area contributed by atoms with Crippen molar-refractivity contribution >= 4 is 5.91 Å². The quantitative estimate of drug-likeness (QED) is 0.833. The van der Waals surface area contributed by atoms with Crippen LogP contribution in [0.4, 0.5) is 4.39 Å². The molecule has 1 unspecified atom stereocenters. The number of hydrogen-bond donors (Lipinski definition) is 2. The first-order chi connectivity index (χ1) is 10.1. The molecular weight excluding hydrogens is 275 g/mol. The number of β-amino-alcohol motifs (C(OH)–C–C–N with tert-alkyl or cyclic N) is 1. The first kappa shape index (κ1) is 15.9. The first-order valence-electron chi connectivity index (χ1n) is 7.09. The molecule has 1 atom stereocenters. The van der Waals surface area contributed by atoms with Gasteiger partial charge in [-0.3, -0.25) is 9.69 Å². The van der Waals surface area contributed by atoms with Crippen LogP contribution >= 0.6 is 0 Å². The van der Waals surface area contributed by atoms with E-state index in [0.29, 0.717) is 30.9 Å². The van der Waals surface area contributed by atoms with Gasteiger partial charge in [-0.15, -0.1) is 0 Å². The maximum Gasteiger partial charge on any atom is 0.251 e. The average Bonchev–Trinajstić information content (AvgIpc) is 2.48. The van der Waals surface area contributed by atoms with Gasteiger partial charge in [0.1, 0.15) is 5.82 Å². The molecule has 0 aromatic heterocycles. The summed E-state index contributed by atoms with van der Waals surface area (Å²) in [4.78, 5) is 14.0. The van der Waals surface area contributed by atoms with Gasteiger partial charge in [0.2, 0.25) is 0 Å². The van der Waals surface area contributed by atoms with E-state index in [1.54, 1.807) is 6.92 Å². The average molecular weight is 296 g/mol. The number of nitrogens with zero attached hydrogens (tertiary/aromatic N) is 1. The molecule has 5 nitrogen and oxygen atoms in total. The maximum absolute atomic E-state index is 13.1.